The van der Waals surface area contributed by atoms with E-state index >= 15 is 0 Å². The van der Waals surface area contributed by atoms with Gasteiger partial charge in [-0.25, -0.2) is 0 Å². The van der Waals surface area contributed by atoms with Crippen molar-refractivity contribution in [1.82, 2.24) is 5.32 Å². The highest BCUT2D eigenvalue weighted by molar-refractivity contribution is 7.98. The summed E-state index contributed by atoms with van der Waals surface area (Å²) in [5.41, 5.74) is 1.96. The molecule has 1 aromatic rings. The highest BCUT2D eigenvalue weighted by Gasteiger charge is 2.42. The minimum atomic E-state index is 0.518. The molecule has 0 aromatic heterocycles. The Kier molecular flexibility index (Phi) is 3.42. The number of nitrogens with zero attached hydrogens (tertiary/aromatic N) is 2. The van der Waals surface area contributed by atoms with Crippen LogP contribution in [-0.4, -0.2) is 31.9 Å². The summed E-state index contributed by atoms with van der Waals surface area (Å²) >= 11 is 1.65. The first-order valence-corrected chi connectivity index (χ1v) is 8.03. The maximum atomic E-state index is 9.48. The number of hydrogen-bond donors (Lipinski definition) is 1. The second-order valence-electron chi connectivity index (χ2n) is 5.44. The third-order valence-corrected chi connectivity index (χ3v) is 5.36. The Hall–Kier alpha value is -1.18. The first kappa shape index (κ1) is 12.8. The SMILES string of the molecule is CSc1cccc(N2CC3CNCC3C2C)c1C#N. The van der Waals surface area contributed by atoms with Crippen LogP contribution in [0.15, 0.2) is 23.1 Å². The molecule has 0 spiro atoms. The summed E-state index contributed by atoms with van der Waals surface area (Å²) in [5.74, 6) is 1.46. The first-order valence-electron chi connectivity index (χ1n) is 6.80. The monoisotopic (exact) mass is 273 g/mol. The fourth-order valence-electron chi connectivity index (χ4n) is 3.53. The van der Waals surface area contributed by atoms with Crippen LogP contribution in [-0.2, 0) is 0 Å². The smallest absolute Gasteiger partial charge is 0.103 e. The van der Waals surface area contributed by atoms with Gasteiger partial charge < -0.3 is 10.2 Å². The Morgan fingerprint density at radius 2 is 2.26 bits per heavy atom. The highest BCUT2D eigenvalue weighted by atomic mass is 32.2. The highest BCUT2D eigenvalue weighted by Crippen LogP contribution is 2.38. The quantitative estimate of drug-likeness (QED) is 0.839. The van der Waals surface area contributed by atoms with Gasteiger partial charge >= 0.3 is 0 Å². The molecule has 4 heteroatoms. The number of benzene rings is 1. The zero-order chi connectivity index (χ0) is 13.4. The number of anilines is 1. The Morgan fingerprint density at radius 1 is 1.42 bits per heavy atom. The molecule has 3 unspecified atom stereocenters. The predicted octanol–water partition coefficient (Wildman–Crippen LogP) is 2.32. The van der Waals surface area contributed by atoms with Crippen LogP contribution in [0.2, 0.25) is 0 Å². The number of fused-ring (bicyclic) bond motifs is 1. The van der Waals surface area contributed by atoms with Gasteiger partial charge in [-0.05, 0) is 37.1 Å². The van der Waals surface area contributed by atoms with Gasteiger partial charge in [0.05, 0.1) is 11.3 Å². The first-order chi connectivity index (χ1) is 9.26. The summed E-state index contributed by atoms with van der Waals surface area (Å²) in [4.78, 5) is 3.52. The molecule has 2 saturated heterocycles. The summed E-state index contributed by atoms with van der Waals surface area (Å²) in [6, 6.07) is 9.13. The predicted molar refractivity (Wildman–Crippen MR) is 79.6 cm³/mol. The second kappa shape index (κ2) is 5.07. The number of rotatable bonds is 2. The van der Waals surface area contributed by atoms with Crippen LogP contribution in [0.25, 0.3) is 0 Å². The molecular formula is C15H19N3S. The van der Waals surface area contributed by atoms with Gasteiger partial charge in [-0.2, -0.15) is 5.26 Å². The molecule has 0 radical (unpaired) electrons. The van der Waals surface area contributed by atoms with Crippen molar-refractivity contribution in [2.45, 2.75) is 17.9 Å². The molecule has 2 aliphatic heterocycles. The standard InChI is InChI=1S/C15H19N3S/c1-10-13-8-17-7-11(13)9-18(10)14-4-3-5-15(19-2)12(14)6-16/h3-5,10-11,13,17H,7-9H2,1-2H3. The number of hydrogen-bond acceptors (Lipinski definition) is 4. The lowest BCUT2D eigenvalue weighted by Gasteiger charge is -2.28. The normalized spacial score (nSPS) is 29.3. The van der Waals surface area contributed by atoms with E-state index in [1.54, 1.807) is 11.8 Å². The van der Waals surface area contributed by atoms with Crippen LogP contribution in [0.5, 0.6) is 0 Å². The van der Waals surface area contributed by atoms with Gasteiger partial charge in [0.25, 0.3) is 0 Å². The minimum absolute atomic E-state index is 0.518. The summed E-state index contributed by atoms with van der Waals surface area (Å²) in [5, 5.41) is 13.0. The lowest BCUT2D eigenvalue weighted by atomic mass is 9.95. The fraction of sp³-hybridized carbons (Fsp3) is 0.533. The third-order valence-electron chi connectivity index (χ3n) is 4.58. The summed E-state index contributed by atoms with van der Waals surface area (Å²) in [6.45, 7) is 5.61. The van der Waals surface area contributed by atoms with E-state index in [2.05, 4.69) is 35.3 Å². The van der Waals surface area contributed by atoms with E-state index < -0.39 is 0 Å². The minimum Gasteiger partial charge on any atom is -0.367 e. The second-order valence-corrected chi connectivity index (χ2v) is 6.29. The van der Waals surface area contributed by atoms with Crippen molar-refractivity contribution >= 4 is 17.4 Å². The summed E-state index contributed by atoms with van der Waals surface area (Å²) < 4.78 is 0. The van der Waals surface area contributed by atoms with E-state index in [1.165, 1.54) is 0 Å². The molecule has 2 heterocycles. The molecule has 1 N–H and O–H groups in total. The maximum absolute atomic E-state index is 9.48. The molecule has 3 rings (SSSR count). The maximum Gasteiger partial charge on any atom is 0.103 e. The lowest BCUT2D eigenvalue weighted by molar-refractivity contribution is 0.471. The van der Waals surface area contributed by atoms with E-state index in [0.717, 1.165) is 47.6 Å². The van der Waals surface area contributed by atoms with Gasteiger partial charge in [-0.1, -0.05) is 6.07 Å². The van der Waals surface area contributed by atoms with E-state index in [9.17, 15) is 5.26 Å². The molecular weight excluding hydrogens is 254 g/mol. The zero-order valence-corrected chi connectivity index (χ0v) is 12.2. The number of nitrogens with one attached hydrogen (secondary N) is 1. The fourth-order valence-corrected chi connectivity index (χ4v) is 4.10. The van der Waals surface area contributed by atoms with Gasteiger partial charge in [0.2, 0.25) is 0 Å². The Balaban J connectivity index is 1.97. The van der Waals surface area contributed by atoms with Gasteiger partial charge in [-0.3, -0.25) is 0 Å². The molecule has 0 aliphatic carbocycles. The van der Waals surface area contributed by atoms with Crippen LogP contribution >= 0.6 is 11.8 Å². The van der Waals surface area contributed by atoms with Gasteiger partial charge in [-0.15, -0.1) is 11.8 Å². The Bertz CT molecular complexity index is 523. The molecule has 3 nitrogen and oxygen atoms in total. The van der Waals surface area contributed by atoms with Crippen LogP contribution in [0, 0.1) is 23.2 Å². The number of nitriles is 1. The largest absolute Gasteiger partial charge is 0.367 e. The average molecular weight is 273 g/mol. The van der Waals surface area contributed by atoms with Crippen molar-refractivity contribution in [2.24, 2.45) is 11.8 Å². The van der Waals surface area contributed by atoms with E-state index in [0.29, 0.717) is 6.04 Å². The van der Waals surface area contributed by atoms with Gasteiger partial charge in [0, 0.05) is 30.6 Å². The van der Waals surface area contributed by atoms with Crippen molar-refractivity contribution in [1.29, 1.82) is 5.26 Å². The van der Waals surface area contributed by atoms with E-state index in [4.69, 9.17) is 0 Å². The van der Waals surface area contributed by atoms with Crippen molar-refractivity contribution in [3.05, 3.63) is 23.8 Å². The molecule has 0 amide bonds. The molecule has 19 heavy (non-hydrogen) atoms. The van der Waals surface area contributed by atoms with E-state index in [-0.39, 0.29) is 0 Å². The van der Waals surface area contributed by atoms with Gasteiger partial charge in [0.15, 0.2) is 0 Å². The molecule has 2 aliphatic rings. The molecule has 2 fully saturated rings. The van der Waals surface area contributed by atoms with Gasteiger partial charge in [0.1, 0.15) is 6.07 Å². The third kappa shape index (κ3) is 2.01. The average Bonchev–Trinajstić information content (AvgIpc) is 3.01. The van der Waals surface area contributed by atoms with Crippen LogP contribution < -0.4 is 10.2 Å². The van der Waals surface area contributed by atoms with Crippen LogP contribution in [0.3, 0.4) is 0 Å². The Labute approximate surface area is 119 Å². The molecule has 100 valence electrons. The molecule has 1 aromatic carbocycles. The Morgan fingerprint density at radius 3 is 2.95 bits per heavy atom. The van der Waals surface area contributed by atoms with E-state index in [1.807, 2.05) is 12.3 Å². The topological polar surface area (TPSA) is 39.1 Å². The van der Waals surface area contributed by atoms with Crippen LogP contribution in [0.4, 0.5) is 5.69 Å². The molecule has 0 saturated carbocycles. The lowest BCUT2D eigenvalue weighted by Crippen LogP contribution is -2.33. The van der Waals surface area contributed by atoms with Crippen molar-refractivity contribution in [2.75, 3.05) is 30.8 Å². The zero-order valence-electron chi connectivity index (χ0n) is 11.4. The van der Waals surface area contributed by atoms with Crippen molar-refractivity contribution in [3.8, 4) is 6.07 Å². The van der Waals surface area contributed by atoms with Crippen molar-refractivity contribution < 1.29 is 0 Å². The number of thioether (sulfide) groups is 1. The van der Waals surface area contributed by atoms with Crippen LogP contribution in [0.1, 0.15) is 12.5 Å². The summed E-state index contributed by atoms with van der Waals surface area (Å²) in [7, 11) is 0. The summed E-state index contributed by atoms with van der Waals surface area (Å²) in [6.07, 6.45) is 2.03. The molecule has 3 atom stereocenters. The van der Waals surface area contributed by atoms with Crippen molar-refractivity contribution in [3.63, 3.8) is 0 Å². The molecule has 0 bridgehead atoms.